The Hall–Kier alpha value is -1.71. The lowest BCUT2D eigenvalue weighted by molar-refractivity contribution is 0.245. The first-order valence-corrected chi connectivity index (χ1v) is 6.97. The number of nitrogen functional groups attached to an aromatic ring is 1. The molecule has 1 aliphatic heterocycles. The Morgan fingerprint density at radius 3 is 2.76 bits per heavy atom. The summed E-state index contributed by atoms with van der Waals surface area (Å²) in [5.41, 5.74) is 10.8. The summed E-state index contributed by atoms with van der Waals surface area (Å²) in [5, 5.41) is 0. The van der Waals surface area contributed by atoms with Crippen molar-refractivity contribution in [3.05, 3.63) is 59.2 Å². The molecular formula is C17H21ClN2O. The molecule has 0 fully saturated rings. The average Bonchev–Trinajstić information content (AvgIpc) is 2.46. The number of halogens is 1. The molecule has 1 aliphatic rings. The Morgan fingerprint density at radius 1 is 1.14 bits per heavy atom. The monoisotopic (exact) mass is 304 g/mol. The topological polar surface area (TPSA) is 38.5 Å². The highest BCUT2D eigenvalue weighted by atomic mass is 35.5. The number of nitrogens with zero attached hydrogens (tertiary/aromatic N) is 1. The highest BCUT2D eigenvalue weighted by Crippen LogP contribution is 2.24. The standard InChI is InChI=1S/C17H20N2O.ClH/c1-20-17-6-5-14-7-8-19(12-15(14)10-17)11-13-3-2-4-16(18)9-13;/h2-6,9-10H,7-8,11-12,18H2,1H3;1H. The lowest BCUT2D eigenvalue weighted by Crippen LogP contribution is -2.30. The lowest BCUT2D eigenvalue weighted by atomic mass is 9.99. The van der Waals surface area contributed by atoms with Gasteiger partial charge in [0.2, 0.25) is 0 Å². The fourth-order valence-corrected chi connectivity index (χ4v) is 2.80. The zero-order valence-corrected chi connectivity index (χ0v) is 13.0. The zero-order valence-electron chi connectivity index (χ0n) is 12.2. The minimum absolute atomic E-state index is 0. The van der Waals surface area contributed by atoms with E-state index in [1.165, 1.54) is 16.7 Å². The van der Waals surface area contributed by atoms with E-state index in [1.807, 2.05) is 18.2 Å². The number of rotatable bonds is 3. The van der Waals surface area contributed by atoms with Crippen LogP contribution in [0.4, 0.5) is 5.69 Å². The number of ether oxygens (including phenoxy) is 1. The molecule has 0 spiro atoms. The lowest BCUT2D eigenvalue weighted by Gasteiger charge is -2.29. The van der Waals surface area contributed by atoms with Crippen molar-refractivity contribution < 1.29 is 4.74 Å². The Labute approximate surface area is 132 Å². The van der Waals surface area contributed by atoms with Crippen LogP contribution in [0.2, 0.25) is 0 Å². The van der Waals surface area contributed by atoms with Gasteiger partial charge in [0, 0.05) is 25.3 Å². The van der Waals surface area contributed by atoms with E-state index in [1.54, 1.807) is 7.11 Å². The van der Waals surface area contributed by atoms with E-state index in [2.05, 4.69) is 29.2 Å². The second kappa shape index (κ2) is 6.83. The molecule has 0 atom stereocenters. The van der Waals surface area contributed by atoms with Crippen LogP contribution in [0.3, 0.4) is 0 Å². The number of hydrogen-bond donors (Lipinski definition) is 1. The SMILES string of the molecule is COc1ccc2c(c1)CN(Cc1cccc(N)c1)CC2.Cl. The molecule has 0 unspecified atom stereocenters. The van der Waals surface area contributed by atoms with Crippen molar-refractivity contribution >= 4 is 18.1 Å². The van der Waals surface area contributed by atoms with Gasteiger partial charge in [0.05, 0.1) is 7.11 Å². The smallest absolute Gasteiger partial charge is 0.119 e. The number of benzene rings is 2. The van der Waals surface area contributed by atoms with Gasteiger partial charge in [-0.3, -0.25) is 4.90 Å². The van der Waals surface area contributed by atoms with Crippen LogP contribution in [0.5, 0.6) is 5.75 Å². The summed E-state index contributed by atoms with van der Waals surface area (Å²) in [6, 6.07) is 14.5. The van der Waals surface area contributed by atoms with Crippen molar-refractivity contribution in [3.8, 4) is 5.75 Å². The van der Waals surface area contributed by atoms with Gasteiger partial charge >= 0.3 is 0 Å². The highest BCUT2D eigenvalue weighted by molar-refractivity contribution is 5.85. The van der Waals surface area contributed by atoms with E-state index in [0.717, 1.165) is 37.5 Å². The van der Waals surface area contributed by atoms with Crippen LogP contribution in [-0.2, 0) is 19.5 Å². The molecule has 4 heteroatoms. The van der Waals surface area contributed by atoms with Crippen LogP contribution in [0, 0.1) is 0 Å². The van der Waals surface area contributed by atoms with E-state index >= 15 is 0 Å². The van der Waals surface area contributed by atoms with Crippen molar-refractivity contribution in [2.75, 3.05) is 19.4 Å². The molecule has 2 N–H and O–H groups in total. The molecule has 0 saturated heterocycles. The molecule has 3 nitrogen and oxygen atoms in total. The maximum Gasteiger partial charge on any atom is 0.119 e. The Morgan fingerprint density at radius 2 is 2.00 bits per heavy atom. The minimum atomic E-state index is 0. The Balaban J connectivity index is 0.00000161. The Kier molecular flexibility index (Phi) is 5.10. The number of hydrogen-bond acceptors (Lipinski definition) is 3. The molecule has 0 saturated carbocycles. The van der Waals surface area contributed by atoms with Gasteiger partial charge in [0.1, 0.15) is 5.75 Å². The number of fused-ring (bicyclic) bond motifs is 1. The van der Waals surface area contributed by atoms with Crippen LogP contribution in [0.25, 0.3) is 0 Å². The fourth-order valence-electron chi connectivity index (χ4n) is 2.80. The van der Waals surface area contributed by atoms with Gasteiger partial charge in [-0.05, 0) is 47.4 Å². The highest BCUT2D eigenvalue weighted by Gasteiger charge is 2.16. The van der Waals surface area contributed by atoms with E-state index < -0.39 is 0 Å². The molecule has 2 aromatic rings. The van der Waals surface area contributed by atoms with Gasteiger partial charge in [-0.2, -0.15) is 0 Å². The summed E-state index contributed by atoms with van der Waals surface area (Å²) < 4.78 is 5.31. The van der Waals surface area contributed by atoms with Gasteiger partial charge in [0.15, 0.2) is 0 Å². The van der Waals surface area contributed by atoms with E-state index in [9.17, 15) is 0 Å². The van der Waals surface area contributed by atoms with Gasteiger partial charge < -0.3 is 10.5 Å². The van der Waals surface area contributed by atoms with Gasteiger partial charge in [-0.15, -0.1) is 12.4 Å². The first-order chi connectivity index (χ1) is 9.74. The van der Waals surface area contributed by atoms with Crippen LogP contribution < -0.4 is 10.5 Å². The summed E-state index contributed by atoms with van der Waals surface area (Å²) in [6.07, 6.45) is 1.10. The summed E-state index contributed by atoms with van der Waals surface area (Å²) in [6.45, 7) is 3.01. The van der Waals surface area contributed by atoms with Crippen molar-refractivity contribution in [1.82, 2.24) is 4.90 Å². The molecular weight excluding hydrogens is 284 g/mol. The van der Waals surface area contributed by atoms with Gasteiger partial charge in [-0.1, -0.05) is 18.2 Å². The molecule has 2 aromatic carbocycles. The maximum absolute atomic E-state index is 5.84. The molecule has 21 heavy (non-hydrogen) atoms. The van der Waals surface area contributed by atoms with Crippen LogP contribution in [-0.4, -0.2) is 18.6 Å². The van der Waals surface area contributed by atoms with Crippen molar-refractivity contribution in [2.24, 2.45) is 0 Å². The molecule has 0 amide bonds. The Bertz CT molecular complexity index is 615. The van der Waals surface area contributed by atoms with Crippen LogP contribution in [0.15, 0.2) is 42.5 Å². The first-order valence-electron chi connectivity index (χ1n) is 6.97. The van der Waals surface area contributed by atoms with Crippen LogP contribution in [0.1, 0.15) is 16.7 Å². The fraction of sp³-hybridized carbons (Fsp3) is 0.294. The summed E-state index contributed by atoms with van der Waals surface area (Å²) in [7, 11) is 1.72. The second-order valence-electron chi connectivity index (χ2n) is 5.34. The maximum atomic E-state index is 5.84. The first kappa shape index (κ1) is 15.7. The van der Waals surface area contributed by atoms with Gasteiger partial charge in [0.25, 0.3) is 0 Å². The second-order valence-corrected chi connectivity index (χ2v) is 5.34. The summed E-state index contributed by atoms with van der Waals surface area (Å²) in [4.78, 5) is 2.45. The predicted molar refractivity (Wildman–Crippen MR) is 88.9 cm³/mol. The van der Waals surface area contributed by atoms with E-state index in [0.29, 0.717) is 0 Å². The molecule has 0 aliphatic carbocycles. The van der Waals surface area contributed by atoms with Crippen molar-refractivity contribution in [2.45, 2.75) is 19.5 Å². The van der Waals surface area contributed by atoms with Gasteiger partial charge in [-0.25, -0.2) is 0 Å². The summed E-state index contributed by atoms with van der Waals surface area (Å²) in [5.74, 6) is 0.939. The summed E-state index contributed by atoms with van der Waals surface area (Å²) >= 11 is 0. The third-order valence-electron chi connectivity index (χ3n) is 3.86. The molecule has 3 rings (SSSR count). The largest absolute Gasteiger partial charge is 0.497 e. The van der Waals surface area contributed by atoms with Crippen LogP contribution >= 0.6 is 12.4 Å². The normalized spacial score (nSPS) is 14.1. The quantitative estimate of drug-likeness (QED) is 0.885. The van der Waals surface area contributed by atoms with Crippen molar-refractivity contribution in [3.63, 3.8) is 0 Å². The molecule has 0 bridgehead atoms. The third-order valence-corrected chi connectivity index (χ3v) is 3.86. The minimum Gasteiger partial charge on any atom is -0.497 e. The predicted octanol–water partition coefficient (Wildman–Crippen LogP) is 3.26. The number of nitrogens with two attached hydrogens (primary N) is 1. The van der Waals surface area contributed by atoms with Crippen molar-refractivity contribution in [1.29, 1.82) is 0 Å². The van der Waals surface area contributed by atoms with E-state index in [4.69, 9.17) is 10.5 Å². The molecule has 0 aromatic heterocycles. The number of anilines is 1. The molecule has 1 heterocycles. The molecule has 112 valence electrons. The third kappa shape index (κ3) is 3.69. The molecule has 0 radical (unpaired) electrons. The van der Waals surface area contributed by atoms with E-state index in [-0.39, 0.29) is 12.4 Å². The zero-order chi connectivity index (χ0) is 13.9. The average molecular weight is 305 g/mol. The number of methoxy groups -OCH3 is 1.